The number of aliphatic hydroxyl groups excluding tert-OH is 1. The van der Waals surface area contributed by atoms with Crippen molar-refractivity contribution in [3.8, 4) is 22.8 Å². The van der Waals surface area contributed by atoms with Crippen LogP contribution in [0.2, 0.25) is 6.32 Å². The van der Waals surface area contributed by atoms with Crippen molar-refractivity contribution in [1.29, 1.82) is 0 Å². The van der Waals surface area contributed by atoms with Gasteiger partial charge >= 0.3 is 7.12 Å². The molecule has 1 aliphatic heterocycles. The highest BCUT2D eigenvalue weighted by Crippen LogP contribution is 2.35. The lowest BCUT2D eigenvalue weighted by Crippen LogP contribution is -2.08. The largest absolute Gasteiger partial charge is 0.493 e. The summed E-state index contributed by atoms with van der Waals surface area (Å²) in [5, 5.41) is 19.2. The van der Waals surface area contributed by atoms with Crippen molar-refractivity contribution in [3.05, 3.63) is 41.6 Å². The summed E-state index contributed by atoms with van der Waals surface area (Å²) in [4.78, 5) is 4.54. The number of nitrogens with zero attached hydrogens (tertiary/aromatic N) is 1. The molecule has 2 N–H and O–H groups in total. The zero-order chi connectivity index (χ0) is 18.5. The first-order valence-corrected chi connectivity index (χ1v) is 8.87. The summed E-state index contributed by atoms with van der Waals surface area (Å²) in [7, 11) is 0.881. The number of pyridine rings is 1. The molecule has 2 aromatic rings. The fourth-order valence-electron chi connectivity index (χ4n) is 3.08. The maximum atomic E-state index is 9.63. The molecule has 1 aromatic carbocycles. The Morgan fingerprint density at radius 3 is 2.77 bits per heavy atom. The molecule has 7 heteroatoms. The topological polar surface area (TPSA) is 81.0 Å². The van der Waals surface area contributed by atoms with Crippen molar-refractivity contribution in [3.63, 3.8) is 0 Å². The van der Waals surface area contributed by atoms with E-state index in [0.29, 0.717) is 36.7 Å². The molecule has 0 spiro atoms. The van der Waals surface area contributed by atoms with Crippen LogP contribution in [0.3, 0.4) is 0 Å². The van der Waals surface area contributed by atoms with Crippen LogP contribution in [0.15, 0.2) is 30.3 Å². The van der Waals surface area contributed by atoms with Gasteiger partial charge in [0.05, 0.1) is 31.7 Å². The lowest BCUT2D eigenvalue weighted by atomic mass is 9.79. The number of hydrogen-bond acceptors (Lipinski definition) is 6. The third-order valence-electron chi connectivity index (χ3n) is 4.43. The quantitative estimate of drug-likeness (QED) is 0.742. The summed E-state index contributed by atoms with van der Waals surface area (Å²) in [6.45, 7) is 2.97. The van der Waals surface area contributed by atoms with Gasteiger partial charge in [-0.05, 0) is 48.6 Å². The molecule has 3 rings (SSSR count). The Morgan fingerprint density at radius 1 is 1.27 bits per heavy atom. The molecule has 0 amide bonds. The SMILES string of the molecule is CCCOc1cc(-c2cc([C@H]3COB(O)C3)cc(CO)n2)ccc1OC. The highest BCUT2D eigenvalue weighted by molar-refractivity contribution is 6.43. The van der Waals surface area contributed by atoms with Gasteiger partial charge in [-0.3, -0.25) is 4.98 Å². The van der Waals surface area contributed by atoms with Gasteiger partial charge in [-0.2, -0.15) is 0 Å². The van der Waals surface area contributed by atoms with E-state index in [0.717, 1.165) is 23.2 Å². The van der Waals surface area contributed by atoms with E-state index < -0.39 is 7.12 Å². The number of aromatic nitrogens is 1. The number of aliphatic hydroxyl groups is 1. The minimum absolute atomic E-state index is 0.0890. The van der Waals surface area contributed by atoms with Crippen LogP contribution in [-0.2, 0) is 11.3 Å². The van der Waals surface area contributed by atoms with Crippen molar-refractivity contribution in [1.82, 2.24) is 4.98 Å². The molecule has 138 valence electrons. The summed E-state index contributed by atoms with van der Waals surface area (Å²) in [6.07, 6.45) is 1.45. The summed E-state index contributed by atoms with van der Waals surface area (Å²) in [5.41, 5.74) is 3.22. The fourth-order valence-corrected chi connectivity index (χ4v) is 3.08. The zero-order valence-electron chi connectivity index (χ0n) is 15.1. The Balaban J connectivity index is 1.97. The van der Waals surface area contributed by atoms with Gasteiger partial charge in [0.2, 0.25) is 0 Å². The number of benzene rings is 1. The molecule has 0 bridgehead atoms. The molecule has 0 unspecified atom stereocenters. The van der Waals surface area contributed by atoms with E-state index in [1.54, 1.807) is 7.11 Å². The standard InChI is InChI=1S/C19H24BNO5/c1-3-6-25-19-9-13(4-5-18(19)24-2)17-8-14(7-16(11-22)21-17)15-10-20(23)26-12-15/h4-5,7-9,15,22-23H,3,6,10-12H2,1-2H3/t15-/m1/s1. The van der Waals surface area contributed by atoms with Gasteiger partial charge in [0.15, 0.2) is 11.5 Å². The van der Waals surface area contributed by atoms with Crippen LogP contribution in [0, 0.1) is 0 Å². The highest BCUT2D eigenvalue weighted by Gasteiger charge is 2.30. The monoisotopic (exact) mass is 357 g/mol. The van der Waals surface area contributed by atoms with Crippen molar-refractivity contribution in [2.45, 2.75) is 32.2 Å². The van der Waals surface area contributed by atoms with Gasteiger partial charge in [-0.1, -0.05) is 6.92 Å². The molecule has 26 heavy (non-hydrogen) atoms. The molecule has 1 saturated heterocycles. The second-order valence-corrected chi connectivity index (χ2v) is 6.37. The van der Waals surface area contributed by atoms with Crippen LogP contribution >= 0.6 is 0 Å². The van der Waals surface area contributed by atoms with E-state index in [4.69, 9.17) is 14.1 Å². The highest BCUT2D eigenvalue weighted by atomic mass is 16.5. The lowest BCUT2D eigenvalue weighted by molar-refractivity contribution is 0.276. The van der Waals surface area contributed by atoms with Crippen molar-refractivity contribution in [2.75, 3.05) is 20.3 Å². The van der Waals surface area contributed by atoms with Gasteiger partial charge in [0, 0.05) is 18.1 Å². The smallest absolute Gasteiger partial charge is 0.454 e. The zero-order valence-corrected chi connectivity index (χ0v) is 15.1. The number of methoxy groups -OCH3 is 1. The molecule has 0 radical (unpaired) electrons. The molecule has 1 fully saturated rings. The molecular weight excluding hydrogens is 333 g/mol. The Kier molecular flexibility index (Phi) is 6.14. The molecule has 1 atom stereocenters. The van der Waals surface area contributed by atoms with Crippen LogP contribution < -0.4 is 9.47 Å². The third kappa shape index (κ3) is 4.18. The fraction of sp³-hybridized carbons (Fsp3) is 0.421. The average molecular weight is 357 g/mol. The van der Waals surface area contributed by atoms with Crippen molar-refractivity contribution < 1.29 is 24.3 Å². The molecular formula is C19H24BNO5. The lowest BCUT2D eigenvalue weighted by Gasteiger charge is -2.14. The Labute approximate surface area is 153 Å². The first kappa shape index (κ1) is 18.7. The maximum Gasteiger partial charge on any atom is 0.454 e. The minimum atomic E-state index is -0.732. The second kappa shape index (κ2) is 8.53. The first-order valence-electron chi connectivity index (χ1n) is 8.87. The van der Waals surface area contributed by atoms with Crippen LogP contribution in [-0.4, -0.2) is 42.6 Å². The predicted molar refractivity (Wildman–Crippen MR) is 99.4 cm³/mol. The van der Waals surface area contributed by atoms with Gasteiger partial charge in [-0.15, -0.1) is 0 Å². The van der Waals surface area contributed by atoms with Crippen molar-refractivity contribution >= 4 is 7.12 Å². The van der Waals surface area contributed by atoms with E-state index in [1.807, 2.05) is 37.3 Å². The summed E-state index contributed by atoms with van der Waals surface area (Å²) in [6, 6.07) is 9.53. The molecule has 0 saturated carbocycles. The summed E-state index contributed by atoms with van der Waals surface area (Å²) in [5.74, 6) is 1.43. The molecule has 2 heterocycles. The van der Waals surface area contributed by atoms with Gasteiger partial charge in [-0.25, -0.2) is 0 Å². The van der Waals surface area contributed by atoms with Gasteiger partial charge < -0.3 is 24.3 Å². The summed E-state index contributed by atoms with van der Waals surface area (Å²) < 4.78 is 16.4. The van der Waals surface area contributed by atoms with E-state index >= 15 is 0 Å². The van der Waals surface area contributed by atoms with Crippen molar-refractivity contribution in [2.24, 2.45) is 0 Å². The van der Waals surface area contributed by atoms with Crippen LogP contribution in [0.5, 0.6) is 11.5 Å². The molecule has 0 aliphatic carbocycles. The molecule has 1 aromatic heterocycles. The Hall–Kier alpha value is -2.09. The second-order valence-electron chi connectivity index (χ2n) is 6.37. The predicted octanol–water partition coefficient (Wildman–Crippen LogP) is 2.63. The number of hydrogen-bond donors (Lipinski definition) is 2. The van der Waals surface area contributed by atoms with Crippen LogP contribution in [0.25, 0.3) is 11.3 Å². The Bertz CT molecular complexity index is 755. The van der Waals surface area contributed by atoms with Crippen LogP contribution in [0.4, 0.5) is 0 Å². The molecule has 6 nitrogen and oxygen atoms in total. The number of rotatable bonds is 7. The van der Waals surface area contributed by atoms with E-state index in [2.05, 4.69) is 4.98 Å². The van der Waals surface area contributed by atoms with E-state index in [1.165, 1.54) is 0 Å². The minimum Gasteiger partial charge on any atom is -0.493 e. The van der Waals surface area contributed by atoms with E-state index in [-0.39, 0.29) is 12.5 Å². The molecule has 1 aliphatic rings. The summed E-state index contributed by atoms with van der Waals surface area (Å²) >= 11 is 0. The van der Waals surface area contributed by atoms with E-state index in [9.17, 15) is 10.1 Å². The van der Waals surface area contributed by atoms with Gasteiger partial charge in [0.25, 0.3) is 0 Å². The maximum absolute atomic E-state index is 9.63. The first-order chi connectivity index (χ1) is 12.6. The van der Waals surface area contributed by atoms with Gasteiger partial charge in [0.1, 0.15) is 0 Å². The van der Waals surface area contributed by atoms with Crippen LogP contribution in [0.1, 0.15) is 30.5 Å². The average Bonchev–Trinajstić information content (AvgIpc) is 3.12. The number of ether oxygens (including phenoxy) is 2. The Morgan fingerprint density at radius 2 is 2.12 bits per heavy atom. The normalized spacial score (nSPS) is 16.8. The third-order valence-corrected chi connectivity index (χ3v) is 4.43.